The van der Waals surface area contributed by atoms with E-state index in [9.17, 15) is 9.59 Å². The van der Waals surface area contributed by atoms with Crippen LogP contribution in [-0.4, -0.2) is 28.6 Å². The number of aryl methyl sites for hydroxylation is 1. The highest BCUT2D eigenvalue weighted by Gasteiger charge is 2.11. The largest absolute Gasteiger partial charge is 0.482 e. The van der Waals surface area contributed by atoms with Gasteiger partial charge in [-0.2, -0.15) is 0 Å². The molecule has 25 heavy (non-hydrogen) atoms. The summed E-state index contributed by atoms with van der Waals surface area (Å²) in [6.45, 7) is 1.43. The second kappa shape index (κ2) is 7.00. The fourth-order valence-corrected chi connectivity index (χ4v) is 2.41. The summed E-state index contributed by atoms with van der Waals surface area (Å²) in [6, 6.07) is 15.8. The van der Waals surface area contributed by atoms with Crippen molar-refractivity contribution < 1.29 is 19.4 Å². The van der Waals surface area contributed by atoms with Gasteiger partial charge < -0.3 is 15.2 Å². The molecule has 0 unspecified atom stereocenters. The summed E-state index contributed by atoms with van der Waals surface area (Å²) in [7, 11) is 0. The van der Waals surface area contributed by atoms with E-state index < -0.39 is 12.6 Å². The van der Waals surface area contributed by atoms with Gasteiger partial charge in [-0.1, -0.05) is 24.3 Å². The molecule has 0 radical (unpaired) electrons. The number of pyridine rings is 1. The number of ether oxygens (including phenoxy) is 1. The molecule has 1 heterocycles. The van der Waals surface area contributed by atoms with E-state index in [1.165, 1.54) is 6.07 Å². The number of para-hydroxylation sites is 1. The van der Waals surface area contributed by atoms with E-state index in [1.54, 1.807) is 24.3 Å². The third-order valence-corrected chi connectivity index (χ3v) is 3.57. The first kappa shape index (κ1) is 16.4. The Balaban J connectivity index is 1.84. The molecule has 6 nitrogen and oxygen atoms in total. The number of carboxylic acids is 1. The number of carbonyl (C=O) groups is 2. The Kier molecular flexibility index (Phi) is 4.61. The predicted octanol–water partition coefficient (Wildman–Crippen LogP) is 3.26. The van der Waals surface area contributed by atoms with Crippen molar-refractivity contribution in [2.75, 3.05) is 11.9 Å². The van der Waals surface area contributed by atoms with Crippen molar-refractivity contribution in [1.82, 2.24) is 4.98 Å². The number of amides is 1. The van der Waals surface area contributed by atoms with Crippen molar-refractivity contribution in [3.8, 4) is 5.75 Å². The summed E-state index contributed by atoms with van der Waals surface area (Å²) in [5, 5.41) is 12.4. The lowest BCUT2D eigenvalue weighted by molar-refractivity contribution is -0.139. The normalized spacial score (nSPS) is 10.4. The Morgan fingerprint density at radius 2 is 1.92 bits per heavy atom. The average molecular weight is 336 g/mol. The molecule has 2 aromatic carbocycles. The van der Waals surface area contributed by atoms with Gasteiger partial charge in [0.05, 0.1) is 11.2 Å². The first-order valence-electron chi connectivity index (χ1n) is 7.65. The number of rotatable bonds is 5. The number of carboxylic acid groups (broad SMARTS) is 1. The molecule has 1 aromatic heterocycles. The molecular weight excluding hydrogens is 320 g/mol. The van der Waals surface area contributed by atoms with Gasteiger partial charge in [-0.3, -0.25) is 9.78 Å². The van der Waals surface area contributed by atoms with Crippen LogP contribution in [0.2, 0.25) is 0 Å². The van der Waals surface area contributed by atoms with Crippen LogP contribution in [0.25, 0.3) is 10.9 Å². The maximum atomic E-state index is 12.5. The van der Waals surface area contributed by atoms with Gasteiger partial charge in [-0.25, -0.2) is 4.79 Å². The summed E-state index contributed by atoms with van der Waals surface area (Å²) in [4.78, 5) is 27.6. The van der Waals surface area contributed by atoms with Crippen molar-refractivity contribution in [1.29, 1.82) is 0 Å². The molecule has 3 rings (SSSR count). The summed E-state index contributed by atoms with van der Waals surface area (Å²) >= 11 is 0. The number of benzene rings is 2. The lowest BCUT2D eigenvalue weighted by Gasteiger charge is -2.10. The van der Waals surface area contributed by atoms with Gasteiger partial charge in [-0.05, 0) is 37.3 Å². The summed E-state index contributed by atoms with van der Waals surface area (Å²) in [5.41, 5.74) is 2.56. The molecule has 0 saturated heterocycles. The fraction of sp³-hybridized carbons (Fsp3) is 0.105. The highest BCUT2D eigenvalue weighted by molar-refractivity contribution is 6.08. The number of hydrogen-bond acceptors (Lipinski definition) is 4. The molecule has 0 saturated carbocycles. The number of carbonyl (C=O) groups excluding carboxylic acids is 1. The van der Waals surface area contributed by atoms with E-state index >= 15 is 0 Å². The van der Waals surface area contributed by atoms with Crippen LogP contribution in [0.15, 0.2) is 54.6 Å². The number of aromatic nitrogens is 1. The van der Waals surface area contributed by atoms with E-state index in [0.29, 0.717) is 22.5 Å². The first-order chi connectivity index (χ1) is 12.0. The Labute approximate surface area is 144 Å². The maximum Gasteiger partial charge on any atom is 0.341 e. The van der Waals surface area contributed by atoms with Gasteiger partial charge in [-0.15, -0.1) is 0 Å². The van der Waals surface area contributed by atoms with Crippen LogP contribution in [0.4, 0.5) is 5.69 Å². The predicted molar refractivity (Wildman–Crippen MR) is 94.0 cm³/mol. The Morgan fingerprint density at radius 3 is 2.72 bits per heavy atom. The highest BCUT2D eigenvalue weighted by Crippen LogP contribution is 2.23. The van der Waals surface area contributed by atoms with E-state index in [1.807, 2.05) is 31.2 Å². The molecule has 3 aromatic rings. The molecular formula is C19H16N2O4. The Hall–Kier alpha value is -3.41. The molecule has 0 aliphatic rings. The van der Waals surface area contributed by atoms with Crippen molar-refractivity contribution in [3.05, 3.63) is 65.9 Å². The van der Waals surface area contributed by atoms with Gasteiger partial charge in [0.15, 0.2) is 6.61 Å². The summed E-state index contributed by atoms with van der Waals surface area (Å²) in [5.74, 6) is -1.08. The van der Waals surface area contributed by atoms with Gasteiger partial charge in [0, 0.05) is 16.6 Å². The molecule has 0 bridgehead atoms. The van der Waals surface area contributed by atoms with Crippen LogP contribution in [0.5, 0.6) is 5.75 Å². The van der Waals surface area contributed by atoms with Crippen molar-refractivity contribution in [2.45, 2.75) is 6.92 Å². The van der Waals surface area contributed by atoms with Crippen LogP contribution >= 0.6 is 0 Å². The Bertz CT molecular complexity index is 953. The number of nitrogens with one attached hydrogen (secondary N) is 1. The molecule has 2 N–H and O–H groups in total. The monoisotopic (exact) mass is 336 g/mol. The number of fused-ring (bicyclic) bond motifs is 1. The zero-order valence-corrected chi connectivity index (χ0v) is 13.5. The lowest BCUT2D eigenvalue weighted by atomic mass is 10.1. The highest BCUT2D eigenvalue weighted by atomic mass is 16.5. The lowest BCUT2D eigenvalue weighted by Crippen LogP contribution is -2.13. The van der Waals surface area contributed by atoms with Crippen LogP contribution in [-0.2, 0) is 4.79 Å². The summed E-state index contributed by atoms with van der Waals surface area (Å²) in [6.07, 6.45) is 0. The molecule has 126 valence electrons. The van der Waals surface area contributed by atoms with Crippen LogP contribution in [0, 0.1) is 6.92 Å². The summed E-state index contributed by atoms with van der Waals surface area (Å²) < 4.78 is 5.10. The van der Waals surface area contributed by atoms with E-state index in [2.05, 4.69) is 10.3 Å². The van der Waals surface area contributed by atoms with Crippen molar-refractivity contribution >= 4 is 28.5 Å². The second-order valence-electron chi connectivity index (χ2n) is 5.49. The third kappa shape index (κ3) is 3.92. The van der Waals surface area contributed by atoms with Crippen LogP contribution in [0.1, 0.15) is 16.1 Å². The van der Waals surface area contributed by atoms with E-state index in [0.717, 1.165) is 11.1 Å². The smallest absolute Gasteiger partial charge is 0.341 e. The van der Waals surface area contributed by atoms with Crippen molar-refractivity contribution in [3.63, 3.8) is 0 Å². The molecule has 0 fully saturated rings. The first-order valence-corrected chi connectivity index (χ1v) is 7.65. The van der Waals surface area contributed by atoms with Gasteiger partial charge in [0.1, 0.15) is 5.75 Å². The minimum absolute atomic E-state index is 0.321. The average Bonchev–Trinajstić information content (AvgIpc) is 2.60. The number of hydrogen-bond donors (Lipinski definition) is 2. The van der Waals surface area contributed by atoms with Crippen LogP contribution in [0.3, 0.4) is 0 Å². The van der Waals surface area contributed by atoms with Gasteiger partial charge in [0.2, 0.25) is 0 Å². The topological polar surface area (TPSA) is 88.5 Å². The number of aliphatic carboxylic acids is 1. The molecule has 0 atom stereocenters. The molecule has 6 heteroatoms. The fourth-order valence-electron chi connectivity index (χ4n) is 2.41. The Morgan fingerprint density at radius 1 is 1.12 bits per heavy atom. The zero-order chi connectivity index (χ0) is 17.8. The standard InChI is InChI=1S/C19H16N2O4/c1-12-8-9-13-4-3-7-16(18(13)20-12)21-19(24)14-5-2-6-15(10-14)25-11-17(22)23/h2-10H,11H2,1H3,(H,21,24)(H,22,23). The quantitative estimate of drug-likeness (QED) is 0.746. The minimum Gasteiger partial charge on any atom is -0.482 e. The third-order valence-electron chi connectivity index (χ3n) is 3.57. The SMILES string of the molecule is Cc1ccc2cccc(NC(=O)c3cccc(OCC(=O)O)c3)c2n1. The van der Waals surface area contributed by atoms with Gasteiger partial charge in [0.25, 0.3) is 5.91 Å². The van der Waals surface area contributed by atoms with E-state index in [4.69, 9.17) is 9.84 Å². The van der Waals surface area contributed by atoms with Crippen LogP contribution < -0.4 is 10.1 Å². The van der Waals surface area contributed by atoms with Gasteiger partial charge >= 0.3 is 5.97 Å². The number of nitrogens with zero attached hydrogens (tertiary/aromatic N) is 1. The molecule has 1 amide bonds. The molecule has 0 aliphatic carbocycles. The number of anilines is 1. The molecule has 0 spiro atoms. The second-order valence-corrected chi connectivity index (χ2v) is 5.49. The van der Waals surface area contributed by atoms with Crippen molar-refractivity contribution in [2.24, 2.45) is 0 Å². The zero-order valence-electron chi connectivity index (χ0n) is 13.5. The maximum absolute atomic E-state index is 12.5. The van der Waals surface area contributed by atoms with E-state index in [-0.39, 0.29) is 5.91 Å². The minimum atomic E-state index is -1.08. The molecule has 0 aliphatic heterocycles.